The van der Waals surface area contributed by atoms with E-state index in [1.54, 1.807) is 23.3 Å². The number of phosphoric acid groups is 1. The number of halogens is 1. The maximum absolute atomic E-state index is 12.8. The van der Waals surface area contributed by atoms with E-state index in [-0.39, 0.29) is 5.78 Å². The quantitative estimate of drug-likeness (QED) is 0.474. The van der Waals surface area contributed by atoms with Crippen molar-refractivity contribution in [1.82, 2.24) is 9.55 Å². The van der Waals surface area contributed by atoms with Crippen LogP contribution in [0.25, 0.3) is 11.1 Å². The van der Waals surface area contributed by atoms with Crippen molar-refractivity contribution in [2.45, 2.75) is 27.0 Å². The lowest BCUT2D eigenvalue weighted by atomic mass is 9.89. The van der Waals surface area contributed by atoms with Crippen LogP contribution in [0.1, 0.15) is 27.0 Å². The molecule has 1 aromatic heterocycles. The van der Waals surface area contributed by atoms with Gasteiger partial charge in [0, 0.05) is 22.8 Å². The normalized spacial score (nSPS) is 12.5. The summed E-state index contributed by atoms with van der Waals surface area (Å²) < 4.78 is 16.6. The lowest BCUT2D eigenvalue weighted by molar-refractivity contribution is -0.137. The zero-order chi connectivity index (χ0) is 23.2. The van der Waals surface area contributed by atoms with Crippen LogP contribution in [0.5, 0.6) is 5.75 Å². The summed E-state index contributed by atoms with van der Waals surface area (Å²) in [6, 6.07) is 15.3. The largest absolute Gasteiger partial charge is 0.466 e. The molecule has 3 rings (SSSR count). The molecule has 166 valence electrons. The molecule has 1 atom stereocenters. The van der Waals surface area contributed by atoms with Crippen molar-refractivity contribution in [2.75, 3.05) is 0 Å². The van der Waals surface area contributed by atoms with Crippen molar-refractivity contribution in [3.63, 3.8) is 0 Å². The second-order valence-corrected chi connectivity index (χ2v) is 9.10. The predicted molar refractivity (Wildman–Crippen MR) is 118 cm³/mol. The Morgan fingerprint density at radius 1 is 1.03 bits per heavy atom. The first-order valence-electron chi connectivity index (χ1n) is 9.17. The Morgan fingerprint density at radius 2 is 1.52 bits per heavy atom. The van der Waals surface area contributed by atoms with Crippen LogP contribution >= 0.6 is 19.4 Å². The van der Waals surface area contributed by atoms with Crippen LogP contribution in [0.2, 0.25) is 5.02 Å². The fraction of sp³-hybridized carbons (Fsp3) is 0.238. The van der Waals surface area contributed by atoms with Crippen molar-refractivity contribution in [1.29, 1.82) is 0 Å². The number of ketones is 1. The highest BCUT2D eigenvalue weighted by molar-refractivity contribution is 7.45. The van der Waals surface area contributed by atoms with E-state index in [9.17, 15) is 4.79 Å². The Bertz CT molecular complexity index is 1020. The molecule has 1 unspecified atom stereocenters. The molecule has 0 radical (unpaired) electrons. The van der Waals surface area contributed by atoms with Gasteiger partial charge in [-0.25, -0.2) is 9.55 Å². The van der Waals surface area contributed by atoms with Gasteiger partial charge in [0.1, 0.15) is 5.75 Å². The zero-order valence-electron chi connectivity index (χ0n) is 17.2. The molecule has 0 saturated heterocycles. The van der Waals surface area contributed by atoms with E-state index in [0.29, 0.717) is 10.8 Å². The molecule has 31 heavy (non-hydrogen) atoms. The molecule has 8 nitrogen and oxygen atoms in total. The number of nitrogens with zero attached hydrogens (tertiary/aromatic N) is 2. The van der Waals surface area contributed by atoms with Crippen LogP contribution in [0.4, 0.5) is 0 Å². The van der Waals surface area contributed by atoms with Gasteiger partial charge in [0.15, 0.2) is 5.78 Å². The number of ether oxygens (including phenoxy) is 1. The third-order valence-electron chi connectivity index (χ3n) is 4.04. The number of hydrogen-bond acceptors (Lipinski definition) is 4. The van der Waals surface area contributed by atoms with Crippen LogP contribution in [-0.4, -0.2) is 30.0 Å². The number of benzene rings is 2. The van der Waals surface area contributed by atoms with Gasteiger partial charge in [-0.3, -0.25) is 9.36 Å². The van der Waals surface area contributed by atoms with Crippen LogP contribution in [0, 0.1) is 5.41 Å². The highest BCUT2D eigenvalue weighted by Gasteiger charge is 2.32. The first-order valence-corrected chi connectivity index (χ1v) is 11.1. The van der Waals surface area contributed by atoms with E-state index in [2.05, 4.69) is 4.98 Å². The monoisotopic (exact) mass is 466 g/mol. The molecular weight excluding hydrogens is 443 g/mol. The molecule has 0 amide bonds. The summed E-state index contributed by atoms with van der Waals surface area (Å²) in [6.45, 7) is 5.64. The van der Waals surface area contributed by atoms with Gasteiger partial charge < -0.3 is 19.4 Å². The third-order valence-corrected chi connectivity index (χ3v) is 4.29. The Kier molecular flexibility index (Phi) is 8.17. The van der Waals surface area contributed by atoms with Gasteiger partial charge in [0.2, 0.25) is 6.23 Å². The van der Waals surface area contributed by atoms with Gasteiger partial charge in [0.25, 0.3) is 0 Å². The van der Waals surface area contributed by atoms with Crippen molar-refractivity contribution in [3.8, 4) is 16.9 Å². The Labute approximate surface area is 185 Å². The number of carbonyl (C=O) groups excluding carboxylic acids is 1. The maximum Gasteiger partial charge on any atom is 0.466 e. The number of Topliss-reactive ketones (excluding diaryl/α,β-unsaturated/α-hetero) is 1. The van der Waals surface area contributed by atoms with Gasteiger partial charge in [-0.05, 0) is 35.4 Å². The second kappa shape index (κ2) is 10.2. The van der Waals surface area contributed by atoms with Crippen molar-refractivity contribution in [2.24, 2.45) is 5.41 Å². The van der Waals surface area contributed by atoms with Crippen molar-refractivity contribution < 1.29 is 28.8 Å². The number of aromatic nitrogens is 2. The Hall–Kier alpha value is -2.48. The summed E-state index contributed by atoms with van der Waals surface area (Å²) in [7, 11) is -4.64. The standard InChI is InChI=1S/C21H21ClN2O2.H3O4P/c1-21(2,3)19(25)20(24-13-12-23-14-24)26-18-10-6-16(7-11-18)15-4-8-17(22)9-5-15;1-5(2,3)4/h4-14,20H,1-3H3;(H3,1,2,3,4). The molecule has 2 aromatic carbocycles. The summed E-state index contributed by atoms with van der Waals surface area (Å²) in [4.78, 5) is 38.4. The van der Waals surface area contributed by atoms with Gasteiger partial charge >= 0.3 is 7.82 Å². The number of rotatable bonds is 5. The Balaban J connectivity index is 0.000000614. The summed E-state index contributed by atoms with van der Waals surface area (Å²) in [6.07, 6.45) is 4.21. The average Bonchev–Trinajstić information content (AvgIpc) is 3.19. The van der Waals surface area contributed by atoms with E-state index < -0.39 is 19.5 Å². The maximum atomic E-state index is 12.8. The minimum atomic E-state index is -4.64. The Morgan fingerprint density at radius 3 is 1.94 bits per heavy atom. The fourth-order valence-electron chi connectivity index (χ4n) is 2.53. The molecular formula is C21H24ClN2O6P. The lowest BCUT2D eigenvalue weighted by Crippen LogP contribution is -2.33. The second-order valence-electron chi connectivity index (χ2n) is 7.64. The van der Waals surface area contributed by atoms with Crippen LogP contribution in [0.15, 0.2) is 67.3 Å². The molecule has 0 bridgehead atoms. The minimum absolute atomic E-state index is 0.0164. The number of hydrogen-bond donors (Lipinski definition) is 3. The SMILES string of the molecule is CC(C)(C)C(=O)C(Oc1ccc(-c2ccc(Cl)cc2)cc1)n1ccnc1.O=P(O)(O)O. The van der Waals surface area contributed by atoms with Crippen LogP contribution in [0.3, 0.4) is 0 Å². The molecule has 10 heteroatoms. The lowest BCUT2D eigenvalue weighted by Gasteiger charge is -2.26. The molecule has 3 aromatic rings. The molecule has 0 aliphatic carbocycles. The summed E-state index contributed by atoms with van der Waals surface area (Å²) >= 11 is 5.94. The van der Waals surface area contributed by atoms with E-state index in [1.807, 2.05) is 69.3 Å². The smallest absolute Gasteiger partial charge is 0.463 e. The van der Waals surface area contributed by atoms with Crippen LogP contribution in [-0.2, 0) is 9.36 Å². The highest BCUT2D eigenvalue weighted by atomic mass is 35.5. The minimum Gasteiger partial charge on any atom is -0.463 e. The molecule has 3 N–H and O–H groups in total. The van der Waals surface area contributed by atoms with E-state index in [0.717, 1.165) is 11.1 Å². The summed E-state index contributed by atoms with van der Waals surface area (Å²) in [5.41, 5.74) is 1.59. The van der Waals surface area contributed by atoms with Gasteiger partial charge in [-0.1, -0.05) is 56.6 Å². The molecule has 0 saturated carbocycles. The molecule has 0 aliphatic rings. The van der Waals surface area contributed by atoms with Crippen LogP contribution < -0.4 is 4.74 Å². The zero-order valence-corrected chi connectivity index (χ0v) is 18.9. The van der Waals surface area contributed by atoms with Gasteiger partial charge in [-0.15, -0.1) is 0 Å². The van der Waals surface area contributed by atoms with Gasteiger partial charge in [-0.2, -0.15) is 0 Å². The molecule has 1 heterocycles. The predicted octanol–water partition coefficient (Wildman–Crippen LogP) is 4.47. The first kappa shape index (κ1) is 24.8. The third kappa shape index (κ3) is 8.28. The number of carbonyl (C=O) groups is 1. The van der Waals surface area contributed by atoms with E-state index in [1.165, 1.54) is 0 Å². The first-order chi connectivity index (χ1) is 14.3. The molecule has 0 spiro atoms. The summed E-state index contributed by atoms with van der Waals surface area (Å²) in [5, 5.41) is 0.706. The highest BCUT2D eigenvalue weighted by Crippen LogP contribution is 2.29. The van der Waals surface area contributed by atoms with E-state index >= 15 is 0 Å². The average molecular weight is 467 g/mol. The van der Waals surface area contributed by atoms with Crippen molar-refractivity contribution >= 4 is 25.2 Å². The van der Waals surface area contributed by atoms with Crippen molar-refractivity contribution in [3.05, 3.63) is 72.3 Å². The fourth-order valence-corrected chi connectivity index (χ4v) is 2.65. The summed E-state index contributed by atoms with van der Waals surface area (Å²) in [5.74, 6) is 0.608. The van der Waals surface area contributed by atoms with E-state index in [4.69, 9.17) is 35.6 Å². The van der Waals surface area contributed by atoms with Gasteiger partial charge in [0.05, 0.1) is 6.33 Å². The topological polar surface area (TPSA) is 122 Å². The molecule has 0 fully saturated rings. The molecule has 0 aliphatic heterocycles. The number of imidazole rings is 1.